The zero-order chi connectivity index (χ0) is 41.1. The Hall–Kier alpha value is -7.56. The largest absolute Gasteiger partial charge is 0.454 e. The molecule has 2 aromatic heterocycles. The highest BCUT2D eigenvalue weighted by molar-refractivity contribution is 6.29. The number of benzene rings is 10. The third-order valence-corrected chi connectivity index (χ3v) is 12.8. The van der Waals surface area contributed by atoms with Crippen molar-refractivity contribution in [2.24, 2.45) is 0 Å². The van der Waals surface area contributed by atoms with E-state index in [9.17, 15) is 0 Å². The first kappa shape index (κ1) is 35.4. The highest BCUT2D eigenvalue weighted by Crippen LogP contribution is 2.53. The van der Waals surface area contributed by atoms with Gasteiger partial charge < -0.3 is 18.6 Å². The molecule has 10 aromatic carbocycles. The first-order chi connectivity index (χ1) is 29.8. The third kappa shape index (κ3) is 5.25. The topological polar surface area (TPSA) is 32.8 Å². The average molecular weight is 787 g/mol. The molecule has 0 bridgehead atoms. The van der Waals surface area contributed by atoms with E-state index < -0.39 is 0 Å². The molecule has 2 heterocycles. The summed E-state index contributed by atoms with van der Waals surface area (Å²) in [5.74, 6) is 0. The lowest BCUT2D eigenvalue weighted by Gasteiger charge is -2.34. The number of aryl methyl sites for hydroxylation is 5. The van der Waals surface area contributed by atoms with Crippen LogP contribution >= 0.6 is 0 Å². The Morgan fingerprint density at radius 1 is 0.328 bits per heavy atom. The molecule has 0 saturated carbocycles. The molecule has 0 aliphatic heterocycles. The van der Waals surface area contributed by atoms with Crippen molar-refractivity contribution in [2.75, 3.05) is 9.80 Å². The zero-order valence-corrected chi connectivity index (χ0v) is 34.8. The molecule has 0 aliphatic rings. The van der Waals surface area contributed by atoms with E-state index in [2.05, 4.69) is 196 Å². The smallest absolute Gasteiger partial charge is 0.159 e. The van der Waals surface area contributed by atoms with E-state index in [0.29, 0.717) is 0 Å². The third-order valence-electron chi connectivity index (χ3n) is 12.8. The molecule has 0 saturated heterocycles. The number of nitrogens with zero attached hydrogens (tertiary/aromatic N) is 2. The van der Waals surface area contributed by atoms with Crippen molar-refractivity contribution in [3.63, 3.8) is 0 Å². The normalized spacial score (nSPS) is 12.0. The maximum Gasteiger partial charge on any atom is 0.159 e. The lowest BCUT2D eigenvalue weighted by Crippen LogP contribution is -2.17. The SMILES string of the molecule is Cc1ccc(C)c(N(c2cc(N(c3c(C)cccc3C)c3cccc4c3oc3ccccc34)c3ccc4cc(C)cc5ccc2c3c54)c2cccc3c2oc2ccccc23)c1. The summed E-state index contributed by atoms with van der Waals surface area (Å²) in [6, 6.07) is 59.6. The van der Waals surface area contributed by atoms with Gasteiger partial charge in [0.2, 0.25) is 0 Å². The molecule has 0 amide bonds. The van der Waals surface area contributed by atoms with Gasteiger partial charge in [-0.3, -0.25) is 0 Å². The second-order valence-electron chi connectivity index (χ2n) is 16.8. The summed E-state index contributed by atoms with van der Waals surface area (Å²) in [6.07, 6.45) is 0. The van der Waals surface area contributed by atoms with Crippen molar-refractivity contribution >= 4 is 110 Å². The van der Waals surface area contributed by atoms with E-state index in [0.717, 1.165) is 83.4 Å². The second-order valence-corrected chi connectivity index (χ2v) is 16.8. The first-order valence-electron chi connectivity index (χ1n) is 21.1. The Bertz CT molecular complexity index is 3700. The Morgan fingerprint density at radius 2 is 0.852 bits per heavy atom. The van der Waals surface area contributed by atoms with Gasteiger partial charge in [-0.1, -0.05) is 127 Å². The minimum atomic E-state index is 0.853. The summed E-state index contributed by atoms with van der Waals surface area (Å²) in [6.45, 7) is 11.0. The Kier molecular flexibility index (Phi) is 7.67. The summed E-state index contributed by atoms with van der Waals surface area (Å²) >= 11 is 0. The maximum absolute atomic E-state index is 6.88. The van der Waals surface area contributed by atoms with E-state index in [1.54, 1.807) is 0 Å². The van der Waals surface area contributed by atoms with Gasteiger partial charge in [-0.2, -0.15) is 0 Å². The van der Waals surface area contributed by atoms with Crippen LogP contribution in [0.5, 0.6) is 0 Å². The average Bonchev–Trinajstić information content (AvgIpc) is 3.85. The summed E-state index contributed by atoms with van der Waals surface area (Å²) in [7, 11) is 0. The lowest BCUT2D eigenvalue weighted by atomic mass is 9.90. The lowest BCUT2D eigenvalue weighted by molar-refractivity contribution is 0.669. The van der Waals surface area contributed by atoms with Crippen LogP contribution in [0.2, 0.25) is 0 Å². The second kappa shape index (κ2) is 13.2. The van der Waals surface area contributed by atoms with Crippen molar-refractivity contribution in [3.05, 3.63) is 192 Å². The molecule has 12 aromatic rings. The Labute approximate surface area is 353 Å². The molecule has 0 spiro atoms. The summed E-state index contributed by atoms with van der Waals surface area (Å²) in [5, 5.41) is 11.7. The molecule has 0 fully saturated rings. The van der Waals surface area contributed by atoms with Crippen LogP contribution in [0, 0.1) is 34.6 Å². The van der Waals surface area contributed by atoms with Gasteiger partial charge in [0.25, 0.3) is 0 Å². The molecule has 292 valence electrons. The predicted molar refractivity (Wildman–Crippen MR) is 258 cm³/mol. The number of furan rings is 2. The number of hydrogen-bond donors (Lipinski definition) is 0. The molecule has 61 heavy (non-hydrogen) atoms. The van der Waals surface area contributed by atoms with Crippen LogP contribution < -0.4 is 9.80 Å². The highest BCUT2D eigenvalue weighted by Gasteiger charge is 2.29. The molecule has 4 nitrogen and oxygen atoms in total. The molecule has 0 aliphatic carbocycles. The van der Waals surface area contributed by atoms with Crippen LogP contribution in [0.25, 0.3) is 76.2 Å². The van der Waals surface area contributed by atoms with Crippen LogP contribution in [0.3, 0.4) is 0 Å². The van der Waals surface area contributed by atoms with Gasteiger partial charge in [0, 0.05) is 43.4 Å². The van der Waals surface area contributed by atoms with E-state index in [1.165, 1.54) is 54.7 Å². The number of para-hydroxylation sites is 5. The molecule has 0 N–H and O–H groups in total. The van der Waals surface area contributed by atoms with Crippen molar-refractivity contribution in [3.8, 4) is 0 Å². The number of fused-ring (bicyclic) bond motifs is 6. The quantitative estimate of drug-likeness (QED) is 0.157. The van der Waals surface area contributed by atoms with E-state index in [4.69, 9.17) is 8.83 Å². The van der Waals surface area contributed by atoms with Gasteiger partial charge in [0.1, 0.15) is 11.2 Å². The van der Waals surface area contributed by atoms with Gasteiger partial charge >= 0.3 is 0 Å². The van der Waals surface area contributed by atoms with E-state index >= 15 is 0 Å². The number of rotatable bonds is 6. The monoisotopic (exact) mass is 786 g/mol. The number of hydrogen-bond acceptors (Lipinski definition) is 4. The van der Waals surface area contributed by atoms with Gasteiger partial charge in [0.05, 0.1) is 28.4 Å². The van der Waals surface area contributed by atoms with Gasteiger partial charge in [-0.05, 0) is 115 Å². The van der Waals surface area contributed by atoms with Gasteiger partial charge in [-0.25, -0.2) is 0 Å². The molecule has 12 rings (SSSR count). The van der Waals surface area contributed by atoms with Crippen molar-refractivity contribution in [2.45, 2.75) is 34.6 Å². The molecule has 0 atom stereocenters. The molecule has 4 heteroatoms. The van der Waals surface area contributed by atoms with Crippen molar-refractivity contribution < 1.29 is 8.83 Å². The standard InChI is InChI=1S/C57H42N2O2/c1-33-23-24-35(3)48(31-33)58(46-19-11-17-42-40-15-6-8-21-51(40)60-56(42)46)49-32-50(45-28-26-39-30-34(2)29-38-25-27-44(49)54(45)53(38)39)59(55-36(4)13-10-14-37(55)5)47-20-12-18-43-41-16-7-9-22-52(41)61-57(43)47/h6-32H,1-5H3. The summed E-state index contributed by atoms with van der Waals surface area (Å²) < 4.78 is 13.8. The zero-order valence-electron chi connectivity index (χ0n) is 34.8. The minimum Gasteiger partial charge on any atom is -0.454 e. The van der Waals surface area contributed by atoms with Crippen LogP contribution in [0.1, 0.15) is 27.8 Å². The van der Waals surface area contributed by atoms with Crippen molar-refractivity contribution in [1.82, 2.24) is 0 Å². The van der Waals surface area contributed by atoms with Crippen LogP contribution in [0.15, 0.2) is 173 Å². The molecule has 0 unspecified atom stereocenters. The van der Waals surface area contributed by atoms with Crippen LogP contribution in [-0.4, -0.2) is 0 Å². The Balaban J connectivity index is 1.28. The fourth-order valence-corrected chi connectivity index (χ4v) is 10.1. The first-order valence-corrected chi connectivity index (χ1v) is 21.1. The Morgan fingerprint density at radius 3 is 1.46 bits per heavy atom. The number of anilines is 6. The molecule has 0 radical (unpaired) electrons. The summed E-state index contributed by atoms with van der Waals surface area (Å²) in [5.41, 5.74) is 15.7. The fourth-order valence-electron chi connectivity index (χ4n) is 10.1. The molecular formula is C57H42N2O2. The van der Waals surface area contributed by atoms with Gasteiger partial charge in [-0.15, -0.1) is 0 Å². The molecular weight excluding hydrogens is 745 g/mol. The predicted octanol–water partition coefficient (Wildman–Crippen LogP) is 16.9. The van der Waals surface area contributed by atoms with Crippen LogP contribution in [-0.2, 0) is 0 Å². The van der Waals surface area contributed by atoms with E-state index in [1.807, 2.05) is 12.1 Å². The van der Waals surface area contributed by atoms with E-state index in [-0.39, 0.29) is 0 Å². The van der Waals surface area contributed by atoms with Crippen LogP contribution in [0.4, 0.5) is 34.1 Å². The van der Waals surface area contributed by atoms with Crippen molar-refractivity contribution in [1.29, 1.82) is 0 Å². The maximum atomic E-state index is 6.88. The summed E-state index contributed by atoms with van der Waals surface area (Å²) in [4.78, 5) is 4.93. The van der Waals surface area contributed by atoms with Gasteiger partial charge in [0.15, 0.2) is 11.2 Å². The highest BCUT2D eigenvalue weighted by atomic mass is 16.3. The fraction of sp³-hybridized carbons (Fsp3) is 0.0877. The minimum absolute atomic E-state index is 0.853.